The van der Waals surface area contributed by atoms with E-state index in [4.69, 9.17) is 4.74 Å². The molecule has 0 aliphatic rings. The molecule has 0 heterocycles. The van der Waals surface area contributed by atoms with Crippen molar-refractivity contribution in [3.05, 3.63) is 54.6 Å². The number of nitrogens with one attached hydrogen (secondary N) is 3. The average Bonchev–Trinajstić information content (AvgIpc) is 2.77. The molecule has 34 heavy (non-hydrogen) atoms. The molecule has 0 saturated heterocycles. The standard InChI is InChI=1S/C27H40N4O3/c1-19(2)25(18-26(32)28-16-17-31(20(3)4)21(5)6)30-27(33)29-22-12-14-24(15-13-22)34-23-10-8-7-9-11-23/h7-15,19-21,25H,16-18H2,1-6H3,(H,28,32)(H2,29,30,33)/t25-/m1/s1. The first kappa shape index (κ1) is 27.2. The van der Waals surface area contributed by atoms with E-state index in [0.717, 1.165) is 12.3 Å². The topological polar surface area (TPSA) is 82.7 Å². The summed E-state index contributed by atoms with van der Waals surface area (Å²) in [6, 6.07) is 16.9. The van der Waals surface area contributed by atoms with E-state index in [2.05, 4.69) is 48.5 Å². The number of para-hydroxylation sites is 1. The Kier molecular flexibility index (Phi) is 10.9. The summed E-state index contributed by atoms with van der Waals surface area (Å²) >= 11 is 0. The van der Waals surface area contributed by atoms with E-state index in [1.165, 1.54) is 0 Å². The van der Waals surface area contributed by atoms with Gasteiger partial charge in [0.05, 0.1) is 0 Å². The van der Waals surface area contributed by atoms with Gasteiger partial charge in [0.15, 0.2) is 0 Å². The van der Waals surface area contributed by atoms with E-state index in [9.17, 15) is 9.59 Å². The van der Waals surface area contributed by atoms with Gasteiger partial charge in [-0.25, -0.2) is 4.79 Å². The largest absolute Gasteiger partial charge is 0.457 e. The van der Waals surface area contributed by atoms with Crippen LogP contribution in [0.5, 0.6) is 11.5 Å². The van der Waals surface area contributed by atoms with Crippen LogP contribution in [0.4, 0.5) is 10.5 Å². The SMILES string of the molecule is CC(C)[C@@H](CC(=O)NCCN(C(C)C)C(C)C)NC(=O)Nc1ccc(Oc2ccccc2)cc1. The number of benzene rings is 2. The highest BCUT2D eigenvalue weighted by Gasteiger charge is 2.20. The number of amides is 3. The zero-order valence-electron chi connectivity index (χ0n) is 21.3. The minimum Gasteiger partial charge on any atom is -0.457 e. The predicted molar refractivity (Wildman–Crippen MR) is 138 cm³/mol. The second kappa shape index (κ2) is 13.6. The molecule has 2 aromatic rings. The minimum atomic E-state index is -0.339. The van der Waals surface area contributed by atoms with Crippen LogP contribution in [0.15, 0.2) is 54.6 Å². The van der Waals surface area contributed by atoms with Gasteiger partial charge in [-0.2, -0.15) is 0 Å². The molecular weight excluding hydrogens is 428 g/mol. The molecule has 0 fully saturated rings. The summed E-state index contributed by atoms with van der Waals surface area (Å²) in [5.74, 6) is 1.48. The van der Waals surface area contributed by atoms with Crippen LogP contribution < -0.4 is 20.7 Å². The van der Waals surface area contributed by atoms with Crippen LogP contribution in [0.2, 0.25) is 0 Å². The number of hydrogen-bond donors (Lipinski definition) is 3. The number of ether oxygens (including phenoxy) is 1. The second-order valence-electron chi connectivity index (χ2n) is 9.37. The lowest BCUT2D eigenvalue weighted by atomic mass is 10.0. The Hall–Kier alpha value is -3.06. The Morgan fingerprint density at radius 1 is 0.853 bits per heavy atom. The van der Waals surface area contributed by atoms with Crippen molar-refractivity contribution in [1.82, 2.24) is 15.5 Å². The van der Waals surface area contributed by atoms with Gasteiger partial charge in [-0.1, -0.05) is 32.0 Å². The summed E-state index contributed by atoms with van der Waals surface area (Å²) in [7, 11) is 0. The minimum absolute atomic E-state index is 0.0612. The molecule has 3 N–H and O–H groups in total. The fraction of sp³-hybridized carbons (Fsp3) is 0.481. The Bertz CT molecular complexity index is 875. The second-order valence-corrected chi connectivity index (χ2v) is 9.37. The van der Waals surface area contributed by atoms with Crippen LogP contribution in [-0.2, 0) is 4.79 Å². The molecule has 7 heteroatoms. The molecular formula is C27H40N4O3. The normalized spacial score (nSPS) is 12.2. The fourth-order valence-electron chi connectivity index (χ4n) is 3.73. The Labute approximate surface area is 204 Å². The van der Waals surface area contributed by atoms with Crippen molar-refractivity contribution in [3.63, 3.8) is 0 Å². The highest BCUT2D eigenvalue weighted by atomic mass is 16.5. The summed E-state index contributed by atoms with van der Waals surface area (Å²) in [6.45, 7) is 14.0. The van der Waals surface area contributed by atoms with Crippen LogP contribution in [0.3, 0.4) is 0 Å². The van der Waals surface area contributed by atoms with Crippen molar-refractivity contribution in [2.75, 3.05) is 18.4 Å². The lowest BCUT2D eigenvalue weighted by Gasteiger charge is -2.30. The zero-order valence-corrected chi connectivity index (χ0v) is 21.3. The summed E-state index contributed by atoms with van der Waals surface area (Å²) in [5, 5.41) is 8.76. The van der Waals surface area contributed by atoms with Crippen LogP contribution >= 0.6 is 0 Å². The molecule has 0 bridgehead atoms. The monoisotopic (exact) mass is 468 g/mol. The molecule has 0 radical (unpaired) electrons. The summed E-state index contributed by atoms with van der Waals surface area (Å²) < 4.78 is 5.78. The number of carbonyl (C=O) groups is 2. The Morgan fingerprint density at radius 3 is 2.00 bits per heavy atom. The van der Waals surface area contributed by atoms with Crippen molar-refractivity contribution in [2.24, 2.45) is 5.92 Å². The molecule has 0 spiro atoms. The molecule has 7 nitrogen and oxygen atoms in total. The highest BCUT2D eigenvalue weighted by molar-refractivity contribution is 5.90. The fourth-order valence-corrected chi connectivity index (χ4v) is 3.73. The number of urea groups is 1. The maximum atomic E-state index is 12.5. The van der Waals surface area contributed by atoms with Crippen molar-refractivity contribution < 1.29 is 14.3 Å². The lowest BCUT2D eigenvalue weighted by Crippen LogP contribution is -2.46. The van der Waals surface area contributed by atoms with Crippen LogP contribution in [0.1, 0.15) is 48.0 Å². The van der Waals surface area contributed by atoms with Gasteiger partial charge in [0.25, 0.3) is 0 Å². The van der Waals surface area contributed by atoms with E-state index in [1.807, 2.05) is 44.2 Å². The van der Waals surface area contributed by atoms with E-state index < -0.39 is 0 Å². The van der Waals surface area contributed by atoms with Gasteiger partial charge < -0.3 is 20.7 Å². The lowest BCUT2D eigenvalue weighted by molar-refractivity contribution is -0.121. The molecule has 3 amide bonds. The number of rotatable bonds is 12. The van der Waals surface area contributed by atoms with Gasteiger partial charge in [0.2, 0.25) is 5.91 Å². The maximum Gasteiger partial charge on any atom is 0.319 e. The first-order valence-corrected chi connectivity index (χ1v) is 12.1. The van der Waals surface area contributed by atoms with Crippen LogP contribution in [0.25, 0.3) is 0 Å². The first-order chi connectivity index (χ1) is 16.2. The third-order valence-electron chi connectivity index (χ3n) is 5.64. The number of anilines is 1. The van der Waals surface area contributed by atoms with Crippen molar-refractivity contribution >= 4 is 17.6 Å². The maximum absolute atomic E-state index is 12.5. The van der Waals surface area contributed by atoms with E-state index in [-0.39, 0.29) is 30.3 Å². The third-order valence-corrected chi connectivity index (χ3v) is 5.64. The summed E-state index contributed by atoms with van der Waals surface area (Å²) in [5.41, 5.74) is 0.646. The van der Waals surface area contributed by atoms with Gasteiger partial charge >= 0.3 is 6.03 Å². The molecule has 0 aliphatic carbocycles. The summed E-state index contributed by atoms with van der Waals surface area (Å²) in [6.07, 6.45) is 0.234. The quantitative estimate of drug-likeness (QED) is 0.397. The van der Waals surface area contributed by atoms with Crippen LogP contribution in [-0.4, -0.2) is 48.1 Å². The number of hydrogen-bond acceptors (Lipinski definition) is 4. The van der Waals surface area contributed by atoms with E-state index >= 15 is 0 Å². The van der Waals surface area contributed by atoms with Crippen molar-refractivity contribution in [1.29, 1.82) is 0 Å². The molecule has 0 aromatic heterocycles. The smallest absolute Gasteiger partial charge is 0.319 e. The Morgan fingerprint density at radius 2 is 1.44 bits per heavy atom. The third kappa shape index (κ3) is 9.43. The van der Waals surface area contributed by atoms with Gasteiger partial charge in [-0.05, 0) is 70.0 Å². The number of nitrogens with zero attached hydrogens (tertiary/aromatic N) is 1. The van der Waals surface area contributed by atoms with Gasteiger partial charge in [-0.3, -0.25) is 9.69 Å². The van der Waals surface area contributed by atoms with Crippen molar-refractivity contribution in [2.45, 2.75) is 66.1 Å². The molecule has 186 valence electrons. The van der Waals surface area contributed by atoms with E-state index in [0.29, 0.717) is 30.1 Å². The van der Waals surface area contributed by atoms with Gasteiger partial charge in [-0.15, -0.1) is 0 Å². The molecule has 0 aliphatic heterocycles. The predicted octanol–water partition coefficient (Wildman–Crippen LogP) is 5.25. The van der Waals surface area contributed by atoms with Gasteiger partial charge in [0.1, 0.15) is 11.5 Å². The average molecular weight is 469 g/mol. The Balaban J connectivity index is 1.82. The number of carbonyl (C=O) groups excluding carboxylic acids is 2. The molecule has 1 atom stereocenters. The molecule has 2 rings (SSSR count). The highest BCUT2D eigenvalue weighted by Crippen LogP contribution is 2.22. The molecule has 0 saturated carbocycles. The first-order valence-electron chi connectivity index (χ1n) is 12.1. The van der Waals surface area contributed by atoms with Gasteiger partial charge in [0, 0.05) is 43.3 Å². The molecule has 0 unspecified atom stereocenters. The molecule has 2 aromatic carbocycles. The van der Waals surface area contributed by atoms with Crippen molar-refractivity contribution in [3.8, 4) is 11.5 Å². The van der Waals surface area contributed by atoms with E-state index in [1.54, 1.807) is 24.3 Å². The zero-order chi connectivity index (χ0) is 25.1. The summed E-state index contributed by atoms with van der Waals surface area (Å²) in [4.78, 5) is 27.4. The van der Waals surface area contributed by atoms with Crippen LogP contribution in [0, 0.1) is 5.92 Å².